The highest BCUT2D eigenvalue weighted by Gasteiger charge is 2.31. The number of hydrogen-bond acceptors (Lipinski definition) is 6. The molecular formula is C27H33ClN5O3+. The Hall–Kier alpha value is -3.23. The Morgan fingerprint density at radius 1 is 1.11 bits per heavy atom. The van der Waals surface area contributed by atoms with E-state index >= 15 is 0 Å². The van der Waals surface area contributed by atoms with E-state index in [0.29, 0.717) is 28.7 Å². The number of hydrogen-bond donors (Lipinski definition) is 0. The van der Waals surface area contributed by atoms with Crippen molar-refractivity contribution in [1.82, 2.24) is 24.3 Å². The van der Waals surface area contributed by atoms with Gasteiger partial charge >= 0.3 is 12.0 Å². The molecule has 36 heavy (non-hydrogen) atoms. The molecule has 0 saturated carbocycles. The molecule has 0 spiro atoms. The number of amides is 1. The average molecular weight is 511 g/mol. The lowest BCUT2D eigenvalue weighted by molar-refractivity contribution is 0.0275. The molecule has 0 aliphatic carbocycles. The summed E-state index contributed by atoms with van der Waals surface area (Å²) in [5.41, 5.74) is 3.21. The Morgan fingerprint density at radius 3 is 2.56 bits per heavy atom. The predicted octanol–water partition coefficient (Wildman–Crippen LogP) is 5.79. The molecule has 1 fully saturated rings. The van der Waals surface area contributed by atoms with Crippen molar-refractivity contribution < 1.29 is 14.3 Å². The standard InChI is InChI=1S/C27H33ClN5O3/c1-18-15-19(7-8-23(18)35-21-11-14-32(17-21)26(34)36-27(2,3)4)22-10-13-30-25(31-22)33(5,6)20-9-12-29-24(28)16-20/h7-10,12-13,15-16,21H,11,14,17H2,1-6H3/q+1. The zero-order valence-electron chi connectivity index (χ0n) is 21.7. The van der Waals surface area contributed by atoms with Crippen LogP contribution in [0.2, 0.25) is 5.15 Å². The number of halogens is 1. The maximum absolute atomic E-state index is 12.4. The molecule has 3 heterocycles. The van der Waals surface area contributed by atoms with Crippen molar-refractivity contribution in [2.75, 3.05) is 27.2 Å². The highest BCUT2D eigenvalue weighted by Crippen LogP contribution is 2.32. The van der Waals surface area contributed by atoms with Crippen LogP contribution >= 0.6 is 11.6 Å². The number of rotatable bonds is 5. The van der Waals surface area contributed by atoms with Crippen LogP contribution in [0.15, 0.2) is 48.8 Å². The van der Waals surface area contributed by atoms with Crippen molar-refractivity contribution in [2.24, 2.45) is 0 Å². The van der Waals surface area contributed by atoms with E-state index in [1.54, 1.807) is 17.3 Å². The summed E-state index contributed by atoms with van der Waals surface area (Å²) in [6.45, 7) is 8.76. The van der Waals surface area contributed by atoms with Crippen molar-refractivity contribution in [3.63, 3.8) is 0 Å². The van der Waals surface area contributed by atoms with E-state index in [1.165, 1.54) is 0 Å². The van der Waals surface area contributed by atoms with E-state index in [4.69, 9.17) is 26.1 Å². The first-order valence-corrected chi connectivity index (χ1v) is 12.4. The van der Waals surface area contributed by atoms with Gasteiger partial charge in [0.1, 0.15) is 28.3 Å². The summed E-state index contributed by atoms with van der Waals surface area (Å²) in [6, 6.07) is 11.6. The van der Waals surface area contributed by atoms with Gasteiger partial charge in [-0.2, -0.15) is 9.97 Å². The first-order valence-electron chi connectivity index (χ1n) is 12.0. The fraction of sp³-hybridized carbons (Fsp3) is 0.407. The molecule has 1 unspecified atom stereocenters. The van der Waals surface area contributed by atoms with E-state index in [1.807, 2.05) is 72.1 Å². The van der Waals surface area contributed by atoms with E-state index in [2.05, 4.69) is 16.0 Å². The number of aromatic nitrogens is 3. The molecular weight excluding hydrogens is 478 g/mol. The first kappa shape index (κ1) is 25.9. The summed E-state index contributed by atoms with van der Waals surface area (Å²) in [5.74, 6) is 1.44. The van der Waals surface area contributed by atoms with Crippen LogP contribution in [0.1, 0.15) is 32.8 Å². The molecule has 9 heteroatoms. The SMILES string of the molecule is Cc1cc(-c2ccnc([N+](C)(C)c3ccnc(Cl)c3)n2)ccc1OC1CCN(C(=O)OC(C)(C)C)C1. The van der Waals surface area contributed by atoms with E-state index < -0.39 is 5.60 Å². The van der Waals surface area contributed by atoms with Gasteiger partial charge in [-0.05, 0) is 57.5 Å². The number of likely N-dealkylation sites (tertiary alicyclic amines) is 1. The Kier molecular flexibility index (Phi) is 7.20. The lowest BCUT2D eigenvalue weighted by atomic mass is 10.1. The third kappa shape index (κ3) is 5.94. The van der Waals surface area contributed by atoms with Crippen LogP contribution in [0.4, 0.5) is 16.4 Å². The smallest absolute Gasteiger partial charge is 0.410 e. The first-order chi connectivity index (χ1) is 16.9. The highest BCUT2D eigenvalue weighted by atomic mass is 35.5. The lowest BCUT2D eigenvalue weighted by Gasteiger charge is -2.26. The predicted molar refractivity (Wildman–Crippen MR) is 142 cm³/mol. The van der Waals surface area contributed by atoms with Crippen LogP contribution in [0, 0.1) is 6.92 Å². The minimum atomic E-state index is -0.511. The van der Waals surface area contributed by atoms with E-state index in [0.717, 1.165) is 34.7 Å². The van der Waals surface area contributed by atoms with Crippen LogP contribution in [0.25, 0.3) is 11.3 Å². The van der Waals surface area contributed by atoms with Gasteiger partial charge in [-0.1, -0.05) is 11.6 Å². The van der Waals surface area contributed by atoms with Gasteiger partial charge in [-0.25, -0.2) is 14.3 Å². The monoisotopic (exact) mass is 510 g/mol. The van der Waals surface area contributed by atoms with Crippen LogP contribution < -0.4 is 9.22 Å². The third-order valence-corrected chi connectivity index (χ3v) is 6.27. The number of aryl methyl sites for hydroxylation is 1. The molecule has 190 valence electrons. The van der Waals surface area contributed by atoms with Crippen molar-refractivity contribution >= 4 is 29.3 Å². The van der Waals surface area contributed by atoms with Gasteiger partial charge in [0.2, 0.25) is 0 Å². The fourth-order valence-corrected chi connectivity index (χ4v) is 4.24. The second kappa shape index (κ2) is 10.0. The molecule has 1 saturated heterocycles. The summed E-state index contributed by atoms with van der Waals surface area (Å²) in [4.78, 5) is 27.5. The Balaban J connectivity index is 1.48. The molecule has 1 aromatic carbocycles. The number of benzene rings is 1. The molecule has 4 rings (SSSR count). The molecule has 2 aromatic heterocycles. The second-order valence-electron chi connectivity index (χ2n) is 10.5. The van der Waals surface area contributed by atoms with Gasteiger partial charge in [-0.3, -0.25) is 0 Å². The third-order valence-electron chi connectivity index (χ3n) is 6.06. The molecule has 8 nitrogen and oxygen atoms in total. The second-order valence-corrected chi connectivity index (χ2v) is 10.9. The van der Waals surface area contributed by atoms with E-state index in [-0.39, 0.29) is 12.2 Å². The van der Waals surface area contributed by atoms with Gasteiger partial charge in [-0.15, -0.1) is 0 Å². The molecule has 1 atom stereocenters. The molecule has 0 N–H and O–H groups in total. The minimum Gasteiger partial charge on any atom is -0.488 e. The Labute approximate surface area is 217 Å². The number of nitrogens with zero attached hydrogens (tertiary/aromatic N) is 5. The number of pyridine rings is 1. The van der Waals surface area contributed by atoms with Gasteiger partial charge < -0.3 is 14.4 Å². The summed E-state index contributed by atoms with van der Waals surface area (Å²) in [6.07, 6.45) is 3.85. The van der Waals surface area contributed by atoms with Crippen LogP contribution in [-0.4, -0.2) is 64.8 Å². The van der Waals surface area contributed by atoms with Gasteiger partial charge in [0.05, 0.1) is 26.3 Å². The largest absolute Gasteiger partial charge is 0.488 e. The zero-order chi connectivity index (χ0) is 26.1. The molecule has 0 radical (unpaired) electrons. The maximum Gasteiger partial charge on any atom is 0.410 e. The summed E-state index contributed by atoms with van der Waals surface area (Å²) in [7, 11) is 4.02. The number of carbonyl (C=O) groups excluding carboxylic acids is 1. The Bertz CT molecular complexity index is 1260. The topological polar surface area (TPSA) is 77.4 Å². The number of carbonyl (C=O) groups is 1. The number of ether oxygens (including phenoxy) is 2. The van der Waals surface area contributed by atoms with Crippen LogP contribution in [0.3, 0.4) is 0 Å². The Morgan fingerprint density at radius 2 is 1.86 bits per heavy atom. The van der Waals surface area contributed by atoms with Crippen molar-refractivity contribution in [2.45, 2.75) is 45.8 Å². The van der Waals surface area contributed by atoms with Gasteiger partial charge in [0.25, 0.3) is 0 Å². The summed E-state index contributed by atoms with van der Waals surface area (Å²) < 4.78 is 12.1. The van der Waals surface area contributed by atoms with Gasteiger partial charge in [0.15, 0.2) is 0 Å². The van der Waals surface area contributed by atoms with Crippen molar-refractivity contribution in [3.8, 4) is 17.0 Å². The quantitative estimate of drug-likeness (QED) is 0.319. The average Bonchev–Trinajstić information content (AvgIpc) is 3.28. The van der Waals surface area contributed by atoms with E-state index in [9.17, 15) is 4.79 Å². The van der Waals surface area contributed by atoms with Crippen LogP contribution in [-0.2, 0) is 4.74 Å². The fourth-order valence-electron chi connectivity index (χ4n) is 4.07. The molecule has 1 aliphatic heterocycles. The van der Waals surface area contributed by atoms with Crippen LogP contribution in [0.5, 0.6) is 5.75 Å². The molecule has 0 bridgehead atoms. The summed E-state index contributed by atoms with van der Waals surface area (Å²) >= 11 is 6.11. The lowest BCUT2D eigenvalue weighted by Crippen LogP contribution is -2.36. The number of quaternary nitrogens is 1. The van der Waals surface area contributed by atoms with Crippen molar-refractivity contribution in [1.29, 1.82) is 0 Å². The van der Waals surface area contributed by atoms with Crippen molar-refractivity contribution in [3.05, 3.63) is 59.5 Å². The zero-order valence-corrected chi connectivity index (χ0v) is 22.4. The highest BCUT2D eigenvalue weighted by molar-refractivity contribution is 6.29. The molecule has 1 aliphatic rings. The maximum atomic E-state index is 12.4. The van der Waals surface area contributed by atoms with Gasteiger partial charge in [0, 0.05) is 43.1 Å². The normalized spacial score (nSPS) is 16.2. The minimum absolute atomic E-state index is 0.0713. The molecule has 3 aromatic rings. The molecule has 1 amide bonds. The summed E-state index contributed by atoms with van der Waals surface area (Å²) in [5, 5.41) is 0.428.